The Kier molecular flexibility index (Phi) is 4.62. The first-order chi connectivity index (χ1) is 11.1. The number of furan rings is 1. The van der Waals surface area contributed by atoms with E-state index in [1.54, 1.807) is 6.26 Å². The molecule has 3 aromatic rings. The lowest BCUT2D eigenvalue weighted by molar-refractivity contribution is 0.518. The van der Waals surface area contributed by atoms with Crippen LogP contribution in [0.5, 0.6) is 0 Å². The second kappa shape index (κ2) is 6.83. The summed E-state index contributed by atoms with van der Waals surface area (Å²) in [5.41, 5.74) is 2.99. The molecule has 23 heavy (non-hydrogen) atoms. The maximum Gasteiger partial charge on any atom is 0.229 e. The van der Waals surface area contributed by atoms with E-state index >= 15 is 0 Å². The standard InChI is InChI=1S/C17H17BrN4O/c1-11-8-13(5-6-15(11)18)21-17-20-12(2)9-16(22-17)19-10-14-4-3-7-23-14/h3-9H,10H2,1-2H3,(H2,19,20,21,22). The van der Waals surface area contributed by atoms with E-state index in [1.165, 1.54) is 0 Å². The predicted molar refractivity (Wildman–Crippen MR) is 95.0 cm³/mol. The molecule has 0 aliphatic carbocycles. The normalized spacial score (nSPS) is 10.6. The van der Waals surface area contributed by atoms with E-state index in [9.17, 15) is 0 Å². The van der Waals surface area contributed by atoms with Crippen molar-refractivity contribution < 1.29 is 4.42 Å². The highest BCUT2D eigenvalue weighted by Gasteiger charge is 2.05. The van der Waals surface area contributed by atoms with Gasteiger partial charge in [0.25, 0.3) is 0 Å². The van der Waals surface area contributed by atoms with Crippen LogP contribution in [0.3, 0.4) is 0 Å². The number of anilines is 3. The lowest BCUT2D eigenvalue weighted by Gasteiger charge is -2.10. The van der Waals surface area contributed by atoms with Crippen LogP contribution in [0.4, 0.5) is 17.5 Å². The van der Waals surface area contributed by atoms with Crippen LogP contribution >= 0.6 is 15.9 Å². The molecule has 0 bridgehead atoms. The lowest BCUT2D eigenvalue weighted by atomic mass is 10.2. The fourth-order valence-corrected chi connectivity index (χ4v) is 2.40. The van der Waals surface area contributed by atoms with E-state index in [4.69, 9.17) is 4.42 Å². The minimum absolute atomic E-state index is 0.564. The summed E-state index contributed by atoms with van der Waals surface area (Å²) in [7, 11) is 0. The molecule has 6 heteroatoms. The zero-order chi connectivity index (χ0) is 16.2. The van der Waals surface area contributed by atoms with Gasteiger partial charge in [-0.15, -0.1) is 0 Å². The minimum Gasteiger partial charge on any atom is -0.467 e. The largest absolute Gasteiger partial charge is 0.467 e. The van der Waals surface area contributed by atoms with Gasteiger partial charge in [0.15, 0.2) is 0 Å². The summed E-state index contributed by atoms with van der Waals surface area (Å²) in [6.07, 6.45) is 1.66. The molecule has 0 spiro atoms. The van der Waals surface area contributed by atoms with Crippen molar-refractivity contribution in [2.24, 2.45) is 0 Å². The number of aromatic nitrogens is 2. The average molecular weight is 373 g/mol. The third kappa shape index (κ3) is 4.10. The summed E-state index contributed by atoms with van der Waals surface area (Å²) in [6, 6.07) is 11.7. The van der Waals surface area contributed by atoms with E-state index in [1.807, 2.05) is 50.2 Å². The topological polar surface area (TPSA) is 63.0 Å². The van der Waals surface area contributed by atoms with E-state index < -0.39 is 0 Å². The van der Waals surface area contributed by atoms with Gasteiger partial charge < -0.3 is 15.1 Å². The van der Waals surface area contributed by atoms with E-state index in [-0.39, 0.29) is 0 Å². The van der Waals surface area contributed by atoms with Crippen LogP contribution in [0.25, 0.3) is 0 Å². The highest BCUT2D eigenvalue weighted by molar-refractivity contribution is 9.10. The first kappa shape index (κ1) is 15.6. The van der Waals surface area contributed by atoms with Crippen molar-refractivity contribution in [1.82, 2.24) is 9.97 Å². The van der Waals surface area contributed by atoms with Crippen molar-refractivity contribution in [3.05, 3.63) is 64.2 Å². The van der Waals surface area contributed by atoms with Gasteiger partial charge in [-0.1, -0.05) is 15.9 Å². The summed E-state index contributed by atoms with van der Waals surface area (Å²) in [6.45, 7) is 4.57. The quantitative estimate of drug-likeness (QED) is 0.672. The van der Waals surface area contributed by atoms with Crippen molar-refractivity contribution in [1.29, 1.82) is 0 Å². The van der Waals surface area contributed by atoms with Crippen molar-refractivity contribution in [3.63, 3.8) is 0 Å². The molecule has 0 fully saturated rings. The molecule has 2 aromatic heterocycles. The van der Waals surface area contributed by atoms with Gasteiger partial charge in [0.05, 0.1) is 12.8 Å². The number of hydrogen-bond donors (Lipinski definition) is 2. The molecule has 0 saturated heterocycles. The van der Waals surface area contributed by atoms with Crippen LogP contribution in [0, 0.1) is 13.8 Å². The number of rotatable bonds is 5. The summed E-state index contributed by atoms with van der Waals surface area (Å²) >= 11 is 3.50. The van der Waals surface area contributed by atoms with E-state index in [2.05, 4.69) is 36.5 Å². The molecule has 1 aromatic carbocycles. The first-order valence-corrected chi connectivity index (χ1v) is 8.04. The summed E-state index contributed by atoms with van der Waals surface area (Å²) < 4.78 is 6.39. The van der Waals surface area contributed by atoms with Crippen molar-refractivity contribution in [3.8, 4) is 0 Å². The Balaban J connectivity index is 1.75. The molecule has 3 rings (SSSR count). The SMILES string of the molecule is Cc1cc(NCc2ccco2)nc(Nc2ccc(Br)c(C)c2)n1. The Bertz CT molecular complexity index is 802. The Morgan fingerprint density at radius 1 is 1.13 bits per heavy atom. The maximum atomic E-state index is 5.31. The fourth-order valence-electron chi connectivity index (χ4n) is 2.16. The molecule has 0 unspecified atom stereocenters. The summed E-state index contributed by atoms with van der Waals surface area (Å²) in [5.74, 6) is 2.18. The molecule has 0 radical (unpaired) electrons. The van der Waals surface area contributed by atoms with Gasteiger partial charge in [-0.05, 0) is 49.7 Å². The highest BCUT2D eigenvalue weighted by atomic mass is 79.9. The van der Waals surface area contributed by atoms with Crippen LogP contribution in [0.15, 0.2) is 51.6 Å². The Hall–Kier alpha value is -2.34. The molecular formula is C17H17BrN4O. The molecule has 0 aliphatic heterocycles. The molecule has 5 nitrogen and oxygen atoms in total. The third-order valence-electron chi connectivity index (χ3n) is 3.29. The zero-order valence-electron chi connectivity index (χ0n) is 12.9. The van der Waals surface area contributed by atoms with E-state index in [0.717, 1.165) is 33.0 Å². The Labute approximate surface area is 143 Å². The van der Waals surface area contributed by atoms with Crippen molar-refractivity contribution in [2.75, 3.05) is 10.6 Å². The fraction of sp³-hybridized carbons (Fsp3) is 0.176. The number of benzene rings is 1. The number of aryl methyl sites for hydroxylation is 2. The van der Waals surface area contributed by atoms with Gasteiger partial charge in [-0.3, -0.25) is 0 Å². The molecule has 118 valence electrons. The Morgan fingerprint density at radius 3 is 2.74 bits per heavy atom. The molecule has 2 N–H and O–H groups in total. The van der Waals surface area contributed by atoms with Crippen LogP contribution < -0.4 is 10.6 Å². The molecule has 0 saturated carbocycles. The number of halogens is 1. The maximum absolute atomic E-state index is 5.31. The Morgan fingerprint density at radius 2 is 2.00 bits per heavy atom. The summed E-state index contributed by atoms with van der Waals surface area (Å²) in [5, 5.41) is 6.48. The van der Waals surface area contributed by atoms with Crippen molar-refractivity contribution in [2.45, 2.75) is 20.4 Å². The predicted octanol–water partition coefficient (Wildman–Crippen LogP) is 4.80. The summed E-state index contributed by atoms with van der Waals surface area (Å²) in [4.78, 5) is 8.92. The van der Waals surface area contributed by atoms with Gasteiger partial charge in [0.1, 0.15) is 11.6 Å². The zero-order valence-corrected chi connectivity index (χ0v) is 14.5. The average Bonchev–Trinajstić information content (AvgIpc) is 3.02. The lowest BCUT2D eigenvalue weighted by Crippen LogP contribution is -2.05. The highest BCUT2D eigenvalue weighted by Crippen LogP contribution is 2.22. The number of hydrogen-bond acceptors (Lipinski definition) is 5. The minimum atomic E-state index is 0.564. The van der Waals surface area contributed by atoms with Gasteiger partial charge in [0.2, 0.25) is 5.95 Å². The second-order valence-electron chi connectivity index (χ2n) is 5.24. The third-order valence-corrected chi connectivity index (χ3v) is 4.18. The number of nitrogens with one attached hydrogen (secondary N) is 2. The van der Waals surface area contributed by atoms with Crippen LogP contribution in [0.1, 0.15) is 17.0 Å². The monoisotopic (exact) mass is 372 g/mol. The smallest absolute Gasteiger partial charge is 0.229 e. The molecule has 0 aliphatic rings. The first-order valence-electron chi connectivity index (χ1n) is 7.25. The second-order valence-corrected chi connectivity index (χ2v) is 6.09. The number of nitrogens with zero attached hydrogens (tertiary/aromatic N) is 2. The van der Waals surface area contributed by atoms with Crippen LogP contribution in [-0.2, 0) is 6.54 Å². The van der Waals surface area contributed by atoms with Crippen molar-refractivity contribution >= 4 is 33.4 Å². The van der Waals surface area contributed by atoms with Gasteiger partial charge in [-0.25, -0.2) is 4.98 Å². The van der Waals surface area contributed by atoms with E-state index in [0.29, 0.717) is 12.5 Å². The van der Waals surface area contributed by atoms with Crippen LogP contribution in [-0.4, -0.2) is 9.97 Å². The van der Waals surface area contributed by atoms with Gasteiger partial charge in [0, 0.05) is 21.9 Å². The van der Waals surface area contributed by atoms with Crippen LogP contribution in [0.2, 0.25) is 0 Å². The molecule has 0 atom stereocenters. The molecule has 2 heterocycles. The molecule has 0 amide bonds. The van der Waals surface area contributed by atoms with Gasteiger partial charge >= 0.3 is 0 Å². The van der Waals surface area contributed by atoms with Gasteiger partial charge in [-0.2, -0.15) is 4.98 Å². The molecular weight excluding hydrogens is 356 g/mol.